The van der Waals surface area contributed by atoms with Crippen LogP contribution >= 0.6 is 0 Å². The molecule has 2 rings (SSSR count). The van der Waals surface area contributed by atoms with Gasteiger partial charge in [0, 0.05) is 17.8 Å². The quantitative estimate of drug-likeness (QED) is 0.653. The maximum Gasteiger partial charge on any atom is 0.269 e. The first-order valence-electron chi connectivity index (χ1n) is 7.30. The van der Waals surface area contributed by atoms with Gasteiger partial charge in [-0.05, 0) is 43.2 Å². The summed E-state index contributed by atoms with van der Waals surface area (Å²) in [6.07, 6.45) is 0.218. The van der Waals surface area contributed by atoms with E-state index in [1.54, 1.807) is 6.92 Å². The number of nitro benzene ring substituents is 1. The van der Waals surface area contributed by atoms with E-state index in [1.165, 1.54) is 29.8 Å². The maximum atomic E-state index is 12.1. The van der Waals surface area contributed by atoms with Crippen LogP contribution in [-0.2, 0) is 11.2 Å². The first-order chi connectivity index (χ1) is 11.0. The van der Waals surface area contributed by atoms with Crippen LogP contribution in [-0.4, -0.2) is 16.9 Å². The number of nitro groups is 1. The van der Waals surface area contributed by atoms with Crippen LogP contribution in [0.25, 0.3) is 0 Å². The average Bonchev–Trinajstić information content (AvgIpc) is 2.56. The van der Waals surface area contributed by atoms with Gasteiger partial charge in [-0.15, -0.1) is 0 Å². The lowest BCUT2D eigenvalue weighted by Crippen LogP contribution is -2.30. The summed E-state index contributed by atoms with van der Waals surface area (Å²) in [6, 6.07) is 13.2. The fourth-order valence-electron chi connectivity index (χ4n) is 1.97. The van der Waals surface area contributed by atoms with Gasteiger partial charge in [0.25, 0.3) is 11.6 Å². The molecule has 1 amide bonds. The number of anilines is 1. The van der Waals surface area contributed by atoms with Crippen molar-refractivity contribution >= 4 is 17.3 Å². The summed E-state index contributed by atoms with van der Waals surface area (Å²) in [6.45, 7) is 3.69. The fourth-order valence-corrected chi connectivity index (χ4v) is 1.97. The number of amides is 1. The molecule has 0 aromatic heterocycles. The Labute approximate surface area is 134 Å². The van der Waals surface area contributed by atoms with E-state index in [-0.39, 0.29) is 11.6 Å². The number of benzene rings is 2. The van der Waals surface area contributed by atoms with Crippen molar-refractivity contribution in [3.05, 3.63) is 64.2 Å². The summed E-state index contributed by atoms with van der Waals surface area (Å²) in [7, 11) is 0. The van der Waals surface area contributed by atoms with Gasteiger partial charge >= 0.3 is 0 Å². The molecular formula is C17H18N2O4. The molecule has 0 saturated heterocycles. The zero-order valence-electron chi connectivity index (χ0n) is 13.0. The number of carbonyl (C=O) groups excluding carboxylic acids is 1. The molecule has 6 heteroatoms. The van der Waals surface area contributed by atoms with Gasteiger partial charge in [0.05, 0.1) is 4.92 Å². The first kappa shape index (κ1) is 16.5. The van der Waals surface area contributed by atoms with Crippen molar-refractivity contribution in [3.63, 3.8) is 0 Å². The number of rotatable bonds is 6. The van der Waals surface area contributed by atoms with Crippen molar-refractivity contribution in [2.45, 2.75) is 26.4 Å². The molecule has 2 aromatic rings. The van der Waals surface area contributed by atoms with Crippen molar-refractivity contribution in [2.24, 2.45) is 0 Å². The van der Waals surface area contributed by atoms with Crippen molar-refractivity contribution in [2.75, 3.05) is 5.32 Å². The predicted molar refractivity (Wildman–Crippen MR) is 87.6 cm³/mol. The van der Waals surface area contributed by atoms with Gasteiger partial charge in [-0.25, -0.2) is 0 Å². The molecule has 0 spiro atoms. The molecule has 6 nitrogen and oxygen atoms in total. The fraction of sp³-hybridized carbons (Fsp3) is 0.235. The molecule has 0 aliphatic rings. The average molecular weight is 314 g/mol. The molecule has 0 aliphatic heterocycles. The van der Waals surface area contributed by atoms with E-state index < -0.39 is 11.0 Å². The monoisotopic (exact) mass is 314 g/mol. The molecule has 23 heavy (non-hydrogen) atoms. The van der Waals surface area contributed by atoms with Gasteiger partial charge in [-0.2, -0.15) is 0 Å². The zero-order valence-corrected chi connectivity index (χ0v) is 13.0. The Kier molecular flexibility index (Phi) is 5.30. The van der Waals surface area contributed by atoms with Crippen molar-refractivity contribution in [1.29, 1.82) is 0 Å². The number of ether oxygens (including phenoxy) is 1. The van der Waals surface area contributed by atoms with E-state index in [4.69, 9.17) is 4.74 Å². The smallest absolute Gasteiger partial charge is 0.269 e. The Morgan fingerprint density at radius 2 is 1.78 bits per heavy atom. The Balaban J connectivity index is 1.94. The lowest BCUT2D eigenvalue weighted by atomic mass is 10.1. The third-order valence-corrected chi connectivity index (χ3v) is 3.36. The molecule has 0 fully saturated rings. The van der Waals surface area contributed by atoms with Gasteiger partial charge in [0.1, 0.15) is 5.75 Å². The van der Waals surface area contributed by atoms with Crippen LogP contribution < -0.4 is 10.1 Å². The summed E-state index contributed by atoms with van der Waals surface area (Å²) in [4.78, 5) is 22.2. The lowest BCUT2D eigenvalue weighted by molar-refractivity contribution is -0.384. The number of hydrogen-bond donors (Lipinski definition) is 1. The van der Waals surface area contributed by atoms with Crippen LogP contribution in [0, 0.1) is 10.1 Å². The molecule has 0 saturated carbocycles. The van der Waals surface area contributed by atoms with Crippen LogP contribution in [0.2, 0.25) is 0 Å². The molecule has 1 atom stereocenters. The van der Waals surface area contributed by atoms with Gasteiger partial charge in [0.15, 0.2) is 6.10 Å². The Morgan fingerprint density at radius 1 is 1.17 bits per heavy atom. The van der Waals surface area contributed by atoms with E-state index in [0.717, 1.165) is 6.42 Å². The van der Waals surface area contributed by atoms with Gasteiger partial charge in [-0.1, -0.05) is 19.1 Å². The third-order valence-electron chi connectivity index (χ3n) is 3.36. The minimum atomic E-state index is -0.720. The highest BCUT2D eigenvalue weighted by Gasteiger charge is 2.15. The summed E-state index contributed by atoms with van der Waals surface area (Å²) in [5, 5.41) is 13.4. The normalized spacial score (nSPS) is 11.6. The van der Waals surface area contributed by atoms with E-state index in [1.807, 2.05) is 24.3 Å². The van der Waals surface area contributed by atoms with E-state index in [0.29, 0.717) is 11.4 Å². The summed E-state index contributed by atoms with van der Waals surface area (Å²) >= 11 is 0. The van der Waals surface area contributed by atoms with E-state index >= 15 is 0 Å². The predicted octanol–water partition coefficient (Wildman–Crippen LogP) is 3.56. The second kappa shape index (κ2) is 7.40. The number of non-ortho nitro benzene ring substituents is 1. The first-order valence-corrected chi connectivity index (χ1v) is 7.30. The highest BCUT2D eigenvalue weighted by molar-refractivity contribution is 5.94. The maximum absolute atomic E-state index is 12.1. The Hall–Kier alpha value is -2.89. The molecule has 0 aliphatic carbocycles. The molecular weight excluding hydrogens is 296 g/mol. The summed E-state index contributed by atoms with van der Waals surface area (Å²) in [5.74, 6) is 0.118. The molecule has 0 bridgehead atoms. The van der Waals surface area contributed by atoms with Crippen LogP contribution in [0.3, 0.4) is 0 Å². The second-order valence-electron chi connectivity index (χ2n) is 5.05. The zero-order chi connectivity index (χ0) is 16.8. The number of nitrogens with one attached hydrogen (secondary N) is 1. The number of nitrogens with zero attached hydrogens (tertiary/aromatic N) is 1. The molecule has 0 unspecified atom stereocenters. The highest BCUT2D eigenvalue weighted by Crippen LogP contribution is 2.19. The minimum Gasteiger partial charge on any atom is -0.481 e. The number of hydrogen-bond acceptors (Lipinski definition) is 4. The highest BCUT2D eigenvalue weighted by atomic mass is 16.6. The minimum absolute atomic E-state index is 0.0227. The van der Waals surface area contributed by atoms with E-state index in [9.17, 15) is 14.9 Å². The SMILES string of the molecule is CCc1ccc(NC(=O)[C@@H](C)Oc2ccc([N+](=O)[O-])cc2)cc1. The van der Waals surface area contributed by atoms with Gasteiger partial charge < -0.3 is 10.1 Å². The Bertz CT molecular complexity index is 681. The molecule has 0 heterocycles. The largest absolute Gasteiger partial charge is 0.481 e. The van der Waals surface area contributed by atoms with Crippen LogP contribution in [0.5, 0.6) is 5.75 Å². The molecule has 2 aromatic carbocycles. The lowest BCUT2D eigenvalue weighted by Gasteiger charge is -2.14. The summed E-state index contributed by atoms with van der Waals surface area (Å²) < 4.78 is 5.49. The molecule has 1 N–H and O–H groups in total. The van der Waals surface area contributed by atoms with Crippen molar-refractivity contribution in [1.82, 2.24) is 0 Å². The molecule has 120 valence electrons. The van der Waals surface area contributed by atoms with Crippen LogP contribution in [0.1, 0.15) is 19.4 Å². The molecule has 0 radical (unpaired) electrons. The van der Waals surface area contributed by atoms with Gasteiger partial charge in [-0.3, -0.25) is 14.9 Å². The van der Waals surface area contributed by atoms with E-state index in [2.05, 4.69) is 12.2 Å². The summed E-state index contributed by atoms with van der Waals surface area (Å²) in [5.41, 5.74) is 1.87. The topological polar surface area (TPSA) is 81.5 Å². The van der Waals surface area contributed by atoms with Crippen LogP contribution in [0.15, 0.2) is 48.5 Å². The van der Waals surface area contributed by atoms with Gasteiger partial charge in [0.2, 0.25) is 0 Å². The van der Waals surface area contributed by atoms with Crippen molar-refractivity contribution in [3.8, 4) is 5.75 Å². The third kappa shape index (κ3) is 4.54. The van der Waals surface area contributed by atoms with Crippen LogP contribution in [0.4, 0.5) is 11.4 Å². The number of aryl methyl sites for hydroxylation is 1. The standard InChI is InChI=1S/C17H18N2O4/c1-3-13-4-6-14(7-5-13)18-17(20)12(2)23-16-10-8-15(9-11-16)19(21)22/h4-12H,3H2,1-2H3,(H,18,20)/t12-/m1/s1. The number of carbonyl (C=O) groups is 1. The van der Waals surface area contributed by atoms with Crippen molar-refractivity contribution < 1.29 is 14.5 Å². The second-order valence-corrected chi connectivity index (χ2v) is 5.05. The Morgan fingerprint density at radius 3 is 2.30 bits per heavy atom.